The molecule has 1 heterocycles. The molecule has 0 atom stereocenters. The van der Waals surface area contributed by atoms with Gasteiger partial charge >= 0.3 is 0 Å². The molecular formula is C11H17NO2S. The zero-order chi connectivity index (χ0) is 10.7. The Labute approximate surface area is 94.1 Å². The summed E-state index contributed by atoms with van der Waals surface area (Å²) < 4.78 is 5.13. The molecule has 1 aliphatic rings. The fraction of sp³-hybridized carbons (Fsp3) is 0.636. The van der Waals surface area contributed by atoms with Gasteiger partial charge in [0.15, 0.2) is 5.06 Å². The molecule has 1 saturated carbocycles. The Balaban J connectivity index is 1.86. The maximum Gasteiger partial charge on any atom is 0.173 e. The van der Waals surface area contributed by atoms with E-state index in [0.29, 0.717) is 0 Å². The third kappa shape index (κ3) is 2.33. The van der Waals surface area contributed by atoms with Crippen molar-refractivity contribution in [1.29, 1.82) is 0 Å². The largest absolute Gasteiger partial charge is 0.487 e. The summed E-state index contributed by atoms with van der Waals surface area (Å²) in [7, 11) is 1.68. The van der Waals surface area contributed by atoms with E-state index in [1.807, 2.05) is 6.07 Å². The van der Waals surface area contributed by atoms with Gasteiger partial charge in [0.25, 0.3) is 0 Å². The van der Waals surface area contributed by atoms with E-state index in [2.05, 4.69) is 11.4 Å². The molecule has 2 rings (SSSR count). The number of nitrogens with one attached hydrogen (secondary N) is 1. The zero-order valence-corrected chi connectivity index (χ0v) is 9.77. The van der Waals surface area contributed by atoms with Crippen molar-refractivity contribution in [3.63, 3.8) is 0 Å². The molecule has 84 valence electrons. The van der Waals surface area contributed by atoms with Crippen molar-refractivity contribution >= 4 is 11.3 Å². The van der Waals surface area contributed by atoms with Gasteiger partial charge in [-0.1, -0.05) is 0 Å². The second-order valence-electron chi connectivity index (χ2n) is 4.07. The zero-order valence-electron chi connectivity index (χ0n) is 8.95. The molecule has 4 heteroatoms. The number of methoxy groups -OCH3 is 1. The first-order chi connectivity index (χ1) is 7.28. The van der Waals surface area contributed by atoms with E-state index < -0.39 is 0 Å². The number of rotatable bonds is 5. The molecule has 0 amide bonds. The van der Waals surface area contributed by atoms with E-state index in [9.17, 15) is 5.11 Å². The second kappa shape index (κ2) is 4.51. The molecule has 0 aliphatic heterocycles. The van der Waals surface area contributed by atoms with Gasteiger partial charge in [0.05, 0.1) is 13.7 Å². The molecular weight excluding hydrogens is 210 g/mol. The van der Waals surface area contributed by atoms with E-state index >= 15 is 0 Å². The van der Waals surface area contributed by atoms with E-state index in [4.69, 9.17) is 4.74 Å². The number of thiophene rings is 1. The quantitative estimate of drug-likeness (QED) is 0.805. The van der Waals surface area contributed by atoms with Gasteiger partial charge < -0.3 is 15.2 Å². The third-order valence-electron chi connectivity index (χ3n) is 3.09. The number of ether oxygens (including phenoxy) is 1. The molecule has 0 radical (unpaired) electrons. The summed E-state index contributed by atoms with van der Waals surface area (Å²) in [5.41, 5.74) is -0.00275. The van der Waals surface area contributed by atoms with Crippen LogP contribution in [0.3, 0.4) is 0 Å². The van der Waals surface area contributed by atoms with Crippen LogP contribution in [0.5, 0.6) is 5.06 Å². The molecule has 1 aliphatic carbocycles. The highest BCUT2D eigenvalue weighted by Crippen LogP contribution is 2.32. The summed E-state index contributed by atoms with van der Waals surface area (Å²) in [4.78, 5) is 1.26. The highest BCUT2D eigenvalue weighted by atomic mass is 32.1. The summed E-state index contributed by atoms with van der Waals surface area (Å²) in [5.74, 6) is 0. The molecule has 0 unspecified atom stereocenters. The third-order valence-corrected chi connectivity index (χ3v) is 4.14. The maximum absolute atomic E-state index is 9.28. The molecule has 0 bridgehead atoms. The van der Waals surface area contributed by atoms with Gasteiger partial charge in [-0.15, -0.1) is 11.3 Å². The summed E-state index contributed by atoms with van der Waals surface area (Å²) in [6.45, 7) is 1.07. The van der Waals surface area contributed by atoms with Crippen LogP contribution in [-0.4, -0.2) is 24.4 Å². The summed E-state index contributed by atoms with van der Waals surface area (Å²) in [5, 5.41) is 13.7. The number of aliphatic hydroxyl groups is 1. The molecule has 0 aromatic carbocycles. The van der Waals surface area contributed by atoms with E-state index in [0.717, 1.165) is 24.4 Å². The Morgan fingerprint density at radius 3 is 2.80 bits per heavy atom. The first kappa shape index (κ1) is 10.9. The lowest BCUT2D eigenvalue weighted by atomic mass is 9.77. The van der Waals surface area contributed by atoms with Gasteiger partial charge in [-0.3, -0.25) is 0 Å². The highest BCUT2D eigenvalue weighted by molar-refractivity contribution is 7.13. The molecule has 0 spiro atoms. The molecule has 2 N–H and O–H groups in total. The first-order valence-electron chi connectivity index (χ1n) is 5.27. The lowest BCUT2D eigenvalue weighted by Gasteiger charge is -2.41. The highest BCUT2D eigenvalue weighted by Gasteiger charge is 2.35. The van der Waals surface area contributed by atoms with Crippen molar-refractivity contribution < 1.29 is 9.84 Å². The van der Waals surface area contributed by atoms with E-state index in [1.54, 1.807) is 18.4 Å². The second-order valence-corrected chi connectivity index (χ2v) is 5.20. The first-order valence-corrected chi connectivity index (χ1v) is 6.08. The SMILES string of the molecule is COc1ccc(CNC2(CO)CCC2)s1. The number of hydrogen-bond acceptors (Lipinski definition) is 4. The number of aliphatic hydroxyl groups excluding tert-OH is 1. The monoisotopic (exact) mass is 227 g/mol. The molecule has 15 heavy (non-hydrogen) atoms. The maximum atomic E-state index is 9.28. The predicted octanol–water partition coefficient (Wildman–Crippen LogP) is 1.76. The normalized spacial score (nSPS) is 18.5. The molecule has 1 aromatic heterocycles. The van der Waals surface area contributed by atoms with E-state index in [-0.39, 0.29) is 12.1 Å². The minimum absolute atomic E-state index is 0.00275. The van der Waals surface area contributed by atoms with Crippen molar-refractivity contribution in [3.8, 4) is 5.06 Å². The van der Waals surface area contributed by atoms with Gasteiger partial charge in [0.1, 0.15) is 0 Å². The molecule has 3 nitrogen and oxygen atoms in total. The van der Waals surface area contributed by atoms with Gasteiger partial charge in [-0.05, 0) is 31.4 Å². The van der Waals surface area contributed by atoms with Gasteiger partial charge in [-0.2, -0.15) is 0 Å². The van der Waals surface area contributed by atoms with Crippen molar-refractivity contribution in [3.05, 3.63) is 17.0 Å². The van der Waals surface area contributed by atoms with Crippen molar-refractivity contribution in [2.45, 2.75) is 31.3 Å². The van der Waals surface area contributed by atoms with Gasteiger partial charge in [-0.25, -0.2) is 0 Å². The summed E-state index contributed by atoms with van der Waals surface area (Å²) >= 11 is 1.65. The van der Waals surface area contributed by atoms with Crippen LogP contribution < -0.4 is 10.1 Å². The van der Waals surface area contributed by atoms with Crippen LogP contribution in [0.1, 0.15) is 24.1 Å². The van der Waals surface area contributed by atoms with E-state index in [1.165, 1.54) is 11.3 Å². The minimum atomic E-state index is -0.00275. The van der Waals surface area contributed by atoms with Crippen LogP contribution in [0.25, 0.3) is 0 Å². The average Bonchev–Trinajstić information content (AvgIpc) is 2.65. The van der Waals surface area contributed by atoms with Crippen LogP contribution >= 0.6 is 11.3 Å². The Hall–Kier alpha value is -0.580. The van der Waals surface area contributed by atoms with Crippen LogP contribution in [0.2, 0.25) is 0 Å². The molecule has 1 fully saturated rings. The van der Waals surface area contributed by atoms with Gasteiger partial charge in [0.2, 0.25) is 0 Å². The average molecular weight is 227 g/mol. The minimum Gasteiger partial charge on any atom is -0.487 e. The topological polar surface area (TPSA) is 41.5 Å². The smallest absolute Gasteiger partial charge is 0.173 e. The van der Waals surface area contributed by atoms with Crippen molar-refractivity contribution in [1.82, 2.24) is 5.32 Å². The summed E-state index contributed by atoms with van der Waals surface area (Å²) in [6, 6.07) is 4.05. The fourth-order valence-corrected chi connectivity index (χ4v) is 2.59. The number of hydrogen-bond donors (Lipinski definition) is 2. The fourth-order valence-electron chi connectivity index (χ4n) is 1.83. The lowest BCUT2D eigenvalue weighted by molar-refractivity contribution is 0.0875. The molecule has 1 aromatic rings. The Kier molecular flexibility index (Phi) is 3.29. The standard InChI is InChI=1S/C11H17NO2S/c1-14-10-4-3-9(15-10)7-12-11(8-13)5-2-6-11/h3-4,12-13H,2,5-8H2,1H3. The molecule has 0 saturated heterocycles. The van der Waals surface area contributed by atoms with Crippen molar-refractivity contribution in [2.24, 2.45) is 0 Å². The van der Waals surface area contributed by atoms with Crippen LogP contribution in [-0.2, 0) is 6.54 Å². The van der Waals surface area contributed by atoms with Crippen LogP contribution in [0.4, 0.5) is 0 Å². The summed E-state index contributed by atoms with van der Waals surface area (Å²) in [6.07, 6.45) is 3.40. The van der Waals surface area contributed by atoms with Crippen molar-refractivity contribution in [2.75, 3.05) is 13.7 Å². The van der Waals surface area contributed by atoms with Crippen LogP contribution in [0, 0.1) is 0 Å². The van der Waals surface area contributed by atoms with Gasteiger partial charge in [0, 0.05) is 17.0 Å². The predicted molar refractivity (Wildman–Crippen MR) is 61.4 cm³/mol. The Morgan fingerprint density at radius 1 is 1.53 bits per heavy atom. The van der Waals surface area contributed by atoms with Crippen LogP contribution in [0.15, 0.2) is 12.1 Å². The lowest BCUT2D eigenvalue weighted by Crippen LogP contribution is -2.53. The Bertz CT molecular complexity index is 315. The Morgan fingerprint density at radius 2 is 2.33 bits per heavy atom.